The zero-order valence-corrected chi connectivity index (χ0v) is 10.4. The van der Waals surface area contributed by atoms with Crippen molar-refractivity contribution < 1.29 is 4.79 Å². The summed E-state index contributed by atoms with van der Waals surface area (Å²) in [6.07, 6.45) is 1.62. The number of nitrogens with one attached hydrogen (secondary N) is 1. The SMILES string of the molecule is CCN(CC)C(=O)Nc1ccc(Br)nc1. The van der Waals surface area contributed by atoms with Crippen molar-refractivity contribution in [3.05, 3.63) is 22.9 Å². The number of rotatable bonds is 3. The maximum Gasteiger partial charge on any atom is 0.321 e. The lowest BCUT2D eigenvalue weighted by Crippen LogP contribution is -2.34. The zero-order valence-electron chi connectivity index (χ0n) is 8.83. The minimum Gasteiger partial charge on any atom is -0.325 e. The monoisotopic (exact) mass is 271 g/mol. The first-order valence-electron chi connectivity index (χ1n) is 4.84. The van der Waals surface area contributed by atoms with E-state index in [1.807, 2.05) is 13.8 Å². The molecule has 4 nitrogen and oxygen atoms in total. The first-order chi connectivity index (χ1) is 7.17. The van der Waals surface area contributed by atoms with E-state index in [4.69, 9.17) is 0 Å². The summed E-state index contributed by atoms with van der Waals surface area (Å²) < 4.78 is 0.753. The first kappa shape index (κ1) is 12.0. The molecule has 1 heterocycles. The summed E-state index contributed by atoms with van der Waals surface area (Å²) in [7, 11) is 0. The van der Waals surface area contributed by atoms with Crippen LogP contribution in [0.1, 0.15) is 13.8 Å². The lowest BCUT2D eigenvalue weighted by atomic mass is 10.4. The van der Waals surface area contributed by atoms with Crippen LogP contribution in [0.2, 0.25) is 0 Å². The largest absolute Gasteiger partial charge is 0.325 e. The fourth-order valence-corrected chi connectivity index (χ4v) is 1.40. The van der Waals surface area contributed by atoms with Gasteiger partial charge in [0.15, 0.2) is 0 Å². The predicted octanol–water partition coefficient (Wildman–Crippen LogP) is 2.72. The van der Waals surface area contributed by atoms with Gasteiger partial charge in [0.05, 0.1) is 11.9 Å². The molecule has 0 fully saturated rings. The van der Waals surface area contributed by atoms with E-state index in [-0.39, 0.29) is 6.03 Å². The fourth-order valence-electron chi connectivity index (χ4n) is 1.16. The van der Waals surface area contributed by atoms with Crippen LogP contribution in [0.5, 0.6) is 0 Å². The van der Waals surface area contributed by atoms with Gasteiger partial charge in [-0.15, -0.1) is 0 Å². The van der Waals surface area contributed by atoms with Crippen molar-refractivity contribution in [3.63, 3.8) is 0 Å². The van der Waals surface area contributed by atoms with Gasteiger partial charge in [-0.25, -0.2) is 9.78 Å². The lowest BCUT2D eigenvalue weighted by Gasteiger charge is -2.18. The summed E-state index contributed by atoms with van der Waals surface area (Å²) in [4.78, 5) is 17.4. The number of hydrogen-bond donors (Lipinski definition) is 1. The van der Waals surface area contributed by atoms with Crippen molar-refractivity contribution in [2.75, 3.05) is 18.4 Å². The molecular formula is C10H14BrN3O. The number of anilines is 1. The Hall–Kier alpha value is -1.10. The number of pyridine rings is 1. The Bertz CT molecular complexity index is 322. The lowest BCUT2D eigenvalue weighted by molar-refractivity contribution is 0.217. The van der Waals surface area contributed by atoms with Crippen LogP contribution in [0.15, 0.2) is 22.9 Å². The Morgan fingerprint density at radius 3 is 2.60 bits per heavy atom. The molecule has 15 heavy (non-hydrogen) atoms. The summed E-state index contributed by atoms with van der Waals surface area (Å²) >= 11 is 3.23. The number of carbonyl (C=O) groups excluding carboxylic acids is 1. The molecule has 0 aliphatic carbocycles. The summed E-state index contributed by atoms with van der Waals surface area (Å²) in [6.45, 7) is 5.30. The maximum absolute atomic E-state index is 11.6. The van der Waals surface area contributed by atoms with Gasteiger partial charge in [0, 0.05) is 13.1 Å². The molecule has 1 N–H and O–H groups in total. The van der Waals surface area contributed by atoms with Gasteiger partial charge in [0.25, 0.3) is 0 Å². The van der Waals surface area contributed by atoms with E-state index < -0.39 is 0 Å². The van der Waals surface area contributed by atoms with Crippen LogP contribution in [0, 0.1) is 0 Å². The van der Waals surface area contributed by atoms with Crippen LogP contribution in [-0.4, -0.2) is 29.0 Å². The molecule has 0 saturated heterocycles. The summed E-state index contributed by atoms with van der Waals surface area (Å²) in [5.74, 6) is 0. The molecule has 0 aromatic carbocycles. The Morgan fingerprint density at radius 1 is 1.47 bits per heavy atom. The van der Waals surface area contributed by atoms with Gasteiger partial charge in [-0.3, -0.25) is 0 Å². The molecule has 1 rings (SSSR count). The van der Waals surface area contributed by atoms with E-state index >= 15 is 0 Å². The van der Waals surface area contributed by atoms with Gasteiger partial charge in [-0.2, -0.15) is 0 Å². The highest BCUT2D eigenvalue weighted by molar-refractivity contribution is 9.10. The maximum atomic E-state index is 11.6. The van der Waals surface area contributed by atoms with E-state index in [9.17, 15) is 4.79 Å². The molecule has 5 heteroatoms. The van der Waals surface area contributed by atoms with Gasteiger partial charge >= 0.3 is 6.03 Å². The van der Waals surface area contributed by atoms with E-state index in [1.54, 1.807) is 23.2 Å². The van der Waals surface area contributed by atoms with Crippen LogP contribution in [0.3, 0.4) is 0 Å². The third kappa shape index (κ3) is 3.51. The number of aromatic nitrogens is 1. The first-order valence-corrected chi connectivity index (χ1v) is 5.64. The molecule has 0 unspecified atom stereocenters. The van der Waals surface area contributed by atoms with Gasteiger partial charge in [-0.1, -0.05) is 0 Å². The molecule has 0 aliphatic rings. The van der Waals surface area contributed by atoms with Gasteiger partial charge in [0.1, 0.15) is 4.60 Å². The van der Waals surface area contributed by atoms with E-state index in [0.29, 0.717) is 18.8 Å². The van der Waals surface area contributed by atoms with E-state index in [1.165, 1.54) is 0 Å². The number of carbonyl (C=O) groups is 1. The van der Waals surface area contributed by atoms with Crippen LogP contribution < -0.4 is 5.32 Å². The molecule has 1 aromatic heterocycles. The quantitative estimate of drug-likeness (QED) is 0.860. The van der Waals surface area contributed by atoms with Crippen molar-refractivity contribution >= 4 is 27.6 Å². The standard InChI is InChI=1S/C10H14BrN3O/c1-3-14(4-2)10(15)13-8-5-6-9(11)12-7-8/h5-7H,3-4H2,1-2H3,(H,13,15). The van der Waals surface area contributed by atoms with Gasteiger partial charge in [-0.05, 0) is 41.9 Å². The molecule has 0 spiro atoms. The Morgan fingerprint density at radius 2 is 2.13 bits per heavy atom. The minimum atomic E-state index is -0.0934. The van der Waals surface area contributed by atoms with Crippen LogP contribution in [-0.2, 0) is 0 Å². The van der Waals surface area contributed by atoms with Gasteiger partial charge < -0.3 is 10.2 Å². The molecule has 2 amide bonds. The molecule has 82 valence electrons. The normalized spacial score (nSPS) is 9.80. The van der Waals surface area contributed by atoms with E-state index in [2.05, 4.69) is 26.2 Å². The molecular weight excluding hydrogens is 258 g/mol. The molecule has 0 atom stereocenters. The molecule has 0 bridgehead atoms. The Kier molecular flexibility index (Phi) is 4.55. The van der Waals surface area contributed by atoms with Crippen LogP contribution in [0.4, 0.5) is 10.5 Å². The zero-order chi connectivity index (χ0) is 11.3. The number of nitrogens with zero attached hydrogens (tertiary/aromatic N) is 2. The molecule has 0 saturated carbocycles. The van der Waals surface area contributed by atoms with Crippen LogP contribution >= 0.6 is 15.9 Å². The summed E-state index contributed by atoms with van der Waals surface area (Å²) in [5.41, 5.74) is 0.704. The highest BCUT2D eigenvalue weighted by Crippen LogP contribution is 2.10. The van der Waals surface area contributed by atoms with Crippen molar-refractivity contribution in [2.24, 2.45) is 0 Å². The average Bonchev–Trinajstić information content (AvgIpc) is 2.23. The van der Waals surface area contributed by atoms with Crippen molar-refractivity contribution in [3.8, 4) is 0 Å². The minimum absolute atomic E-state index is 0.0934. The summed E-state index contributed by atoms with van der Waals surface area (Å²) in [5, 5.41) is 2.77. The Labute approximate surface area is 97.8 Å². The number of halogens is 1. The highest BCUT2D eigenvalue weighted by Gasteiger charge is 2.08. The second-order valence-electron chi connectivity index (χ2n) is 2.97. The third-order valence-electron chi connectivity index (χ3n) is 2.03. The van der Waals surface area contributed by atoms with Crippen molar-refractivity contribution in [1.82, 2.24) is 9.88 Å². The van der Waals surface area contributed by atoms with Crippen molar-refractivity contribution in [2.45, 2.75) is 13.8 Å². The molecule has 0 aliphatic heterocycles. The average molecular weight is 272 g/mol. The molecule has 1 aromatic rings. The Balaban J connectivity index is 2.61. The second kappa shape index (κ2) is 5.70. The highest BCUT2D eigenvalue weighted by atomic mass is 79.9. The third-order valence-corrected chi connectivity index (χ3v) is 2.50. The second-order valence-corrected chi connectivity index (χ2v) is 3.78. The number of urea groups is 1. The van der Waals surface area contributed by atoms with Gasteiger partial charge in [0.2, 0.25) is 0 Å². The van der Waals surface area contributed by atoms with Crippen molar-refractivity contribution in [1.29, 1.82) is 0 Å². The van der Waals surface area contributed by atoms with E-state index in [0.717, 1.165) is 4.60 Å². The fraction of sp³-hybridized carbons (Fsp3) is 0.400. The molecule has 0 radical (unpaired) electrons. The summed E-state index contributed by atoms with van der Waals surface area (Å²) in [6, 6.07) is 3.50. The topological polar surface area (TPSA) is 45.2 Å². The smallest absolute Gasteiger partial charge is 0.321 e. The predicted molar refractivity (Wildman–Crippen MR) is 63.9 cm³/mol. The number of hydrogen-bond acceptors (Lipinski definition) is 2. The number of amides is 2. The van der Waals surface area contributed by atoms with Crippen LogP contribution in [0.25, 0.3) is 0 Å².